The number of benzene rings is 1. The summed E-state index contributed by atoms with van der Waals surface area (Å²) in [5.74, 6) is -0.159. The highest BCUT2D eigenvalue weighted by Crippen LogP contribution is 2.26. The maximum absolute atomic E-state index is 11.3. The van der Waals surface area contributed by atoms with E-state index in [-0.39, 0.29) is 5.97 Å². The van der Waals surface area contributed by atoms with E-state index in [0.29, 0.717) is 19.4 Å². The van der Waals surface area contributed by atoms with Gasteiger partial charge in [0.15, 0.2) is 0 Å². The lowest BCUT2D eigenvalue weighted by atomic mass is 10.1. The summed E-state index contributed by atoms with van der Waals surface area (Å²) in [7, 11) is 0. The Kier molecular flexibility index (Phi) is 4.90. The Morgan fingerprint density at radius 2 is 1.95 bits per heavy atom. The van der Waals surface area contributed by atoms with E-state index in [1.54, 1.807) is 11.3 Å². The van der Waals surface area contributed by atoms with Crippen LogP contribution in [0.3, 0.4) is 0 Å². The summed E-state index contributed by atoms with van der Waals surface area (Å²) >= 11 is 1.62. The van der Waals surface area contributed by atoms with Gasteiger partial charge >= 0.3 is 5.97 Å². The molecule has 0 atom stereocenters. The van der Waals surface area contributed by atoms with Gasteiger partial charge in [-0.25, -0.2) is 4.98 Å². The molecule has 0 N–H and O–H groups in total. The molecule has 0 amide bonds. The summed E-state index contributed by atoms with van der Waals surface area (Å²) in [6.45, 7) is 6.43. The second kappa shape index (κ2) is 6.66. The van der Waals surface area contributed by atoms with Crippen molar-refractivity contribution in [1.29, 1.82) is 0 Å². The van der Waals surface area contributed by atoms with Gasteiger partial charge in [-0.05, 0) is 32.9 Å². The van der Waals surface area contributed by atoms with Crippen LogP contribution in [0.1, 0.15) is 30.2 Å². The van der Waals surface area contributed by atoms with Gasteiger partial charge in [0.25, 0.3) is 0 Å². The first-order valence-electron chi connectivity index (χ1n) is 6.77. The highest BCUT2D eigenvalue weighted by molar-refractivity contribution is 7.13. The Balaban J connectivity index is 2.06. The number of nitrogens with zero attached hydrogens (tertiary/aromatic N) is 1. The van der Waals surface area contributed by atoms with E-state index >= 15 is 0 Å². The average molecular weight is 289 g/mol. The monoisotopic (exact) mass is 289 g/mol. The molecular formula is C16H19NO2S. The lowest BCUT2D eigenvalue weighted by Gasteiger charge is -2.01. The topological polar surface area (TPSA) is 39.2 Å². The zero-order chi connectivity index (χ0) is 14.5. The maximum atomic E-state index is 11.3. The molecule has 0 bridgehead atoms. The van der Waals surface area contributed by atoms with Gasteiger partial charge in [-0.3, -0.25) is 4.79 Å². The van der Waals surface area contributed by atoms with E-state index in [4.69, 9.17) is 4.74 Å². The number of aromatic nitrogens is 1. The smallest absolute Gasteiger partial charge is 0.306 e. The Bertz CT molecular complexity index is 584. The van der Waals surface area contributed by atoms with Gasteiger partial charge in [0, 0.05) is 17.4 Å². The minimum Gasteiger partial charge on any atom is -0.466 e. The summed E-state index contributed by atoms with van der Waals surface area (Å²) in [5, 5.41) is 3.03. The summed E-state index contributed by atoms with van der Waals surface area (Å²) in [5.41, 5.74) is 4.58. The summed E-state index contributed by atoms with van der Waals surface area (Å²) in [6, 6.07) is 6.43. The number of ether oxygens (including phenoxy) is 1. The van der Waals surface area contributed by atoms with Gasteiger partial charge in [-0.1, -0.05) is 17.2 Å². The molecule has 1 aromatic carbocycles. The average Bonchev–Trinajstić information content (AvgIpc) is 2.84. The normalized spacial score (nSPS) is 10.6. The Hall–Kier alpha value is -1.68. The largest absolute Gasteiger partial charge is 0.466 e. The second-order valence-electron chi connectivity index (χ2n) is 4.83. The number of hydrogen-bond acceptors (Lipinski definition) is 4. The van der Waals surface area contributed by atoms with Gasteiger partial charge in [-0.2, -0.15) is 0 Å². The second-order valence-corrected chi connectivity index (χ2v) is 5.68. The summed E-state index contributed by atoms with van der Waals surface area (Å²) in [6.07, 6.45) is 1.03. The molecule has 4 heteroatoms. The number of carbonyl (C=O) groups excluding carboxylic acids is 1. The minimum absolute atomic E-state index is 0.159. The van der Waals surface area contributed by atoms with Crippen LogP contribution in [0.5, 0.6) is 0 Å². The molecule has 0 unspecified atom stereocenters. The van der Waals surface area contributed by atoms with Crippen LogP contribution in [-0.2, 0) is 16.0 Å². The van der Waals surface area contributed by atoms with Crippen LogP contribution >= 0.6 is 11.3 Å². The van der Waals surface area contributed by atoms with Crippen molar-refractivity contribution >= 4 is 17.3 Å². The molecule has 1 aromatic heterocycles. The fourth-order valence-corrected chi connectivity index (χ4v) is 2.96. The fraction of sp³-hybridized carbons (Fsp3) is 0.375. The summed E-state index contributed by atoms with van der Waals surface area (Å²) in [4.78, 5) is 15.9. The van der Waals surface area contributed by atoms with Crippen molar-refractivity contribution in [3.63, 3.8) is 0 Å². The van der Waals surface area contributed by atoms with Gasteiger partial charge in [0.05, 0.1) is 18.7 Å². The molecule has 0 aliphatic carbocycles. The SMILES string of the molecule is CCOC(=O)CCc1csc(-c2cc(C)cc(C)c2)n1. The lowest BCUT2D eigenvalue weighted by molar-refractivity contribution is -0.143. The number of aryl methyl sites for hydroxylation is 3. The van der Waals surface area contributed by atoms with Gasteiger partial charge in [0.1, 0.15) is 5.01 Å². The first-order valence-corrected chi connectivity index (χ1v) is 7.65. The fourth-order valence-electron chi connectivity index (χ4n) is 2.12. The molecule has 2 rings (SSSR count). The van der Waals surface area contributed by atoms with Crippen LogP contribution in [0.25, 0.3) is 10.6 Å². The zero-order valence-electron chi connectivity index (χ0n) is 12.1. The van der Waals surface area contributed by atoms with Crippen LogP contribution in [0.4, 0.5) is 0 Å². The van der Waals surface area contributed by atoms with Gasteiger partial charge in [-0.15, -0.1) is 11.3 Å². The lowest BCUT2D eigenvalue weighted by Crippen LogP contribution is -2.05. The number of thiazole rings is 1. The van der Waals surface area contributed by atoms with E-state index < -0.39 is 0 Å². The maximum Gasteiger partial charge on any atom is 0.306 e. The molecule has 2 aromatic rings. The standard InChI is InChI=1S/C16H19NO2S/c1-4-19-15(18)6-5-14-10-20-16(17-14)13-8-11(2)7-12(3)9-13/h7-10H,4-6H2,1-3H3. The van der Waals surface area contributed by atoms with E-state index in [9.17, 15) is 4.79 Å². The first kappa shape index (κ1) is 14.7. The van der Waals surface area contributed by atoms with Crippen molar-refractivity contribution in [2.45, 2.75) is 33.6 Å². The number of hydrogen-bond donors (Lipinski definition) is 0. The Morgan fingerprint density at radius 1 is 1.25 bits per heavy atom. The van der Waals surface area contributed by atoms with E-state index in [0.717, 1.165) is 16.3 Å². The Morgan fingerprint density at radius 3 is 2.60 bits per heavy atom. The number of carbonyl (C=O) groups is 1. The van der Waals surface area contributed by atoms with Crippen LogP contribution in [0.2, 0.25) is 0 Å². The van der Waals surface area contributed by atoms with Crippen LogP contribution < -0.4 is 0 Å². The minimum atomic E-state index is -0.159. The highest BCUT2D eigenvalue weighted by Gasteiger charge is 2.08. The summed E-state index contributed by atoms with van der Waals surface area (Å²) < 4.78 is 4.92. The van der Waals surface area contributed by atoms with Gasteiger partial charge in [0.2, 0.25) is 0 Å². The van der Waals surface area contributed by atoms with Crippen molar-refractivity contribution in [1.82, 2.24) is 4.98 Å². The molecule has 0 fully saturated rings. The van der Waals surface area contributed by atoms with Crippen LogP contribution in [-0.4, -0.2) is 17.6 Å². The van der Waals surface area contributed by atoms with Crippen molar-refractivity contribution in [3.8, 4) is 10.6 Å². The van der Waals surface area contributed by atoms with E-state index in [1.807, 2.05) is 12.3 Å². The predicted octanol–water partition coefficient (Wildman–Crippen LogP) is 3.92. The van der Waals surface area contributed by atoms with Crippen molar-refractivity contribution < 1.29 is 9.53 Å². The van der Waals surface area contributed by atoms with Crippen molar-refractivity contribution in [2.24, 2.45) is 0 Å². The molecular weight excluding hydrogens is 270 g/mol. The van der Waals surface area contributed by atoms with Crippen LogP contribution in [0, 0.1) is 13.8 Å². The van der Waals surface area contributed by atoms with Crippen molar-refractivity contribution in [3.05, 3.63) is 40.4 Å². The Labute approximate surface area is 123 Å². The molecule has 0 saturated heterocycles. The van der Waals surface area contributed by atoms with Gasteiger partial charge < -0.3 is 4.74 Å². The highest BCUT2D eigenvalue weighted by atomic mass is 32.1. The van der Waals surface area contributed by atoms with Crippen molar-refractivity contribution in [2.75, 3.05) is 6.61 Å². The zero-order valence-corrected chi connectivity index (χ0v) is 12.9. The number of esters is 1. The molecule has 20 heavy (non-hydrogen) atoms. The molecule has 0 spiro atoms. The molecule has 1 heterocycles. The molecule has 0 radical (unpaired) electrons. The molecule has 3 nitrogen and oxygen atoms in total. The van der Waals surface area contributed by atoms with E-state index in [1.165, 1.54) is 11.1 Å². The molecule has 0 aliphatic heterocycles. The first-order chi connectivity index (χ1) is 9.58. The van der Waals surface area contributed by atoms with E-state index in [2.05, 4.69) is 37.0 Å². The quantitative estimate of drug-likeness (QED) is 0.783. The third-order valence-electron chi connectivity index (χ3n) is 2.91. The third-order valence-corrected chi connectivity index (χ3v) is 3.85. The third kappa shape index (κ3) is 3.90. The van der Waals surface area contributed by atoms with Crippen LogP contribution in [0.15, 0.2) is 23.6 Å². The molecule has 0 saturated carbocycles. The predicted molar refractivity (Wildman–Crippen MR) is 82.0 cm³/mol. The molecule has 106 valence electrons. The molecule has 0 aliphatic rings. The number of rotatable bonds is 5.